The molecule has 1 heterocycles. The van der Waals surface area contributed by atoms with Gasteiger partial charge in [-0.05, 0) is 36.4 Å². The van der Waals surface area contributed by atoms with E-state index in [0.717, 1.165) is 5.70 Å². The molecular weight excluding hydrogens is 268 g/mol. The van der Waals surface area contributed by atoms with E-state index in [1.54, 1.807) is 0 Å². The van der Waals surface area contributed by atoms with E-state index < -0.39 is 0 Å². The van der Waals surface area contributed by atoms with Crippen molar-refractivity contribution in [2.24, 2.45) is 17.3 Å². The second-order valence-corrected chi connectivity index (χ2v) is 7.64. The highest BCUT2D eigenvalue weighted by molar-refractivity contribution is 7.80. The van der Waals surface area contributed by atoms with Crippen LogP contribution in [0.1, 0.15) is 52.4 Å². The Balaban J connectivity index is 1.90. The molecule has 110 valence electrons. The predicted octanol–water partition coefficient (Wildman–Crippen LogP) is 2.91. The van der Waals surface area contributed by atoms with Crippen molar-refractivity contribution >= 4 is 23.1 Å². The molecule has 20 heavy (non-hydrogen) atoms. The first-order valence-corrected chi connectivity index (χ1v) is 8.20. The van der Waals surface area contributed by atoms with E-state index in [0.29, 0.717) is 23.2 Å². The lowest BCUT2D eigenvalue weighted by Crippen LogP contribution is -2.60. The summed E-state index contributed by atoms with van der Waals surface area (Å²) in [6, 6.07) is 0.207. The van der Waals surface area contributed by atoms with Crippen LogP contribution in [-0.4, -0.2) is 16.9 Å². The van der Waals surface area contributed by atoms with Gasteiger partial charge in [0.1, 0.15) is 5.78 Å². The van der Waals surface area contributed by atoms with Crippen molar-refractivity contribution in [3.8, 4) is 0 Å². The van der Waals surface area contributed by atoms with Crippen LogP contribution < -0.4 is 10.6 Å². The Labute approximate surface area is 126 Å². The summed E-state index contributed by atoms with van der Waals surface area (Å²) in [4.78, 5) is 12.6. The topological polar surface area (TPSA) is 41.1 Å². The smallest absolute Gasteiger partial charge is 0.170 e. The number of carbonyl (C=O) groups excluding carboxylic acids is 1. The summed E-state index contributed by atoms with van der Waals surface area (Å²) in [5.74, 6) is 0.936. The third-order valence-electron chi connectivity index (χ3n) is 4.93. The molecule has 0 unspecified atom stereocenters. The van der Waals surface area contributed by atoms with Gasteiger partial charge in [-0.2, -0.15) is 0 Å². The molecule has 2 N–H and O–H groups in total. The normalized spacial score (nSPS) is 33.8. The first-order valence-electron chi connectivity index (χ1n) is 7.79. The molecule has 0 amide bonds. The maximum absolute atomic E-state index is 12.6. The Morgan fingerprint density at radius 3 is 2.65 bits per heavy atom. The van der Waals surface area contributed by atoms with Gasteiger partial charge in [0.15, 0.2) is 5.11 Å². The number of nitrogens with one attached hydrogen (secondary N) is 2. The highest BCUT2D eigenvalue weighted by Gasteiger charge is 2.44. The van der Waals surface area contributed by atoms with Gasteiger partial charge < -0.3 is 10.6 Å². The summed E-state index contributed by atoms with van der Waals surface area (Å²) >= 11 is 5.36. The molecule has 0 aromatic carbocycles. The number of Topliss-reactive ketones (excluding diaryl/α,β-unsaturated/α-hetero) is 1. The van der Waals surface area contributed by atoms with Crippen molar-refractivity contribution in [3.05, 3.63) is 11.8 Å². The molecule has 1 saturated carbocycles. The molecule has 3 aliphatic rings. The van der Waals surface area contributed by atoms with Crippen molar-refractivity contribution in [3.63, 3.8) is 0 Å². The fraction of sp³-hybridized carbons (Fsp3) is 0.750. The molecule has 0 aromatic rings. The lowest BCUT2D eigenvalue weighted by Gasteiger charge is -2.44. The number of rotatable bonds is 1. The van der Waals surface area contributed by atoms with Crippen LogP contribution in [0.4, 0.5) is 0 Å². The average Bonchev–Trinajstić information content (AvgIpc) is 2.36. The summed E-state index contributed by atoms with van der Waals surface area (Å²) in [5, 5.41) is 7.32. The number of hydrogen-bond acceptors (Lipinski definition) is 2. The number of ketones is 1. The molecule has 0 spiro atoms. The fourth-order valence-corrected chi connectivity index (χ4v) is 4.34. The maximum Gasteiger partial charge on any atom is 0.170 e. The highest BCUT2D eigenvalue weighted by Crippen LogP contribution is 2.40. The largest absolute Gasteiger partial charge is 0.358 e. The van der Waals surface area contributed by atoms with Gasteiger partial charge in [0.25, 0.3) is 0 Å². The predicted molar refractivity (Wildman–Crippen MR) is 84.2 cm³/mol. The van der Waals surface area contributed by atoms with Gasteiger partial charge in [-0.1, -0.05) is 39.2 Å². The molecule has 3 rings (SSSR count). The second kappa shape index (κ2) is 5.14. The first kappa shape index (κ1) is 14.1. The van der Waals surface area contributed by atoms with Crippen molar-refractivity contribution in [1.29, 1.82) is 0 Å². The third kappa shape index (κ3) is 2.62. The SMILES string of the molecule is CC1(C)C=C2NC(=S)N[C@@H](C3CCCCC3)[C@@H]2C(=O)C1. The summed E-state index contributed by atoms with van der Waals surface area (Å²) in [7, 11) is 0. The Morgan fingerprint density at radius 2 is 1.95 bits per heavy atom. The van der Waals surface area contributed by atoms with Crippen LogP contribution in [0.3, 0.4) is 0 Å². The molecule has 0 aromatic heterocycles. The van der Waals surface area contributed by atoms with E-state index in [9.17, 15) is 4.79 Å². The Morgan fingerprint density at radius 1 is 1.25 bits per heavy atom. The van der Waals surface area contributed by atoms with Gasteiger partial charge >= 0.3 is 0 Å². The summed E-state index contributed by atoms with van der Waals surface area (Å²) in [6.07, 6.45) is 9.22. The van der Waals surface area contributed by atoms with Gasteiger partial charge in [-0.3, -0.25) is 4.79 Å². The van der Waals surface area contributed by atoms with Crippen LogP contribution in [0.15, 0.2) is 11.8 Å². The zero-order chi connectivity index (χ0) is 14.3. The van der Waals surface area contributed by atoms with E-state index in [2.05, 4.69) is 30.6 Å². The van der Waals surface area contributed by atoms with Crippen LogP contribution >= 0.6 is 12.2 Å². The molecule has 1 saturated heterocycles. The molecule has 2 atom stereocenters. The van der Waals surface area contributed by atoms with Crippen LogP contribution in [0.2, 0.25) is 0 Å². The van der Waals surface area contributed by atoms with Crippen LogP contribution in [-0.2, 0) is 4.79 Å². The lowest BCUT2D eigenvalue weighted by molar-refractivity contribution is -0.125. The van der Waals surface area contributed by atoms with E-state index in [1.807, 2.05) is 0 Å². The zero-order valence-electron chi connectivity index (χ0n) is 12.4. The summed E-state index contributed by atoms with van der Waals surface area (Å²) in [5.41, 5.74) is 0.991. The van der Waals surface area contributed by atoms with Gasteiger partial charge in [-0.15, -0.1) is 0 Å². The molecule has 2 aliphatic carbocycles. The Bertz CT molecular complexity index is 463. The third-order valence-corrected chi connectivity index (χ3v) is 5.15. The minimum atomic E-state index is -0.0556. The molecule has 4 heteroatoms. The van der Waals surface area contributed by atoms with E-state index in [4.69, 9.17) is 12.2 Å². The summed E-state index contributed by atoms with van der Waals surface area (Å²) < 4.78 is 0. The van der Waals surface area contributed by atoms with E-state index in [-0.39, 0.29) is 17.4 Å². The highest BCUT2D eigenvalue weighted by atomic mass is 32.1. The number of hydrogen-bond donors (Lipinski definition) is 2. The average molecular weight is 292 g/mol. The molecule has 2 fully saturated rings. The Hall–Kier alpha value is -0.900. The molecular formula is C16H24N2OS. The van der Waals surface area contributed by atoms with Gasteiger partial charge in [-0.25, -0.2) is 0 Å². The standard InChI is InChI=1S/C16H24N2OS/c1-16(2)8-11-13(12(19)9-16)14(18-15(20)17-11)10-6-4-3-5-7-10/h8,10,13-14H,3-7,9H2,1-2H3,(H2,17,18,20)/t13-,14-/m0/s1. The van der Waals surface area contributed by atoms with Crippen molar-refractivity contribution in [2.75, 3.05) is 0 Å². The second-order valence-electron chi connectivity index (χ2n) is 7.23. The molecule has 0 bridgehead atoms. The van der Waals surface area contributed by atoms with Crippen molar-refractivity contribution in [2.45, 2.75) is 58.4 Å². The molecule has 0 radical (unpaired) electrons. The minimum absolute atomic E-state index is 0.0159. The van der Waals surface area contributed by atoms with E-state index >= 15 is 0 Å². The quantitative estimate of drug-likeness (QED) is 0.729. The Kier molecular flexibility index (Phi) is 3.61. The van der Waals surface area contributed by atoms with Gasteiger partial charge in [0.05, 0.1) is 5.92 Å². The van der Waals surface area contributed by atoms with Crippen molar-refractivity contribution in [1.82, 2.24) is 10.6 Å². The van der Waals surface area contributed by atoms with Crippen LogP contribution in [0.25, 0.3) is 0 Å². The molecule has 3 nitrogen and oxygen atoms in total. The van der Waals surface area contributed by atoms with Gasteiger partial charge in [0.2, 0.25) is 0 Å². The first-order chi connectivity index (χ1) is 9.46. The fourth-order valence-electron chi connectivity index (χ4n) is 4.09. The zero-order valence-corrected chi connectivity index (χ0v) is 13.2. The number of allylic oxidation sites excluding steroid dienone is 1. The van der Waals surface area contributed by atoms with Gasteiger partial charge in [0, 0.05) is 18.2 Å². The monoisotopic (exact) mass is 292 g/mol. The minimum Gasteiger partial charge on any atom is -0.358 e. The number of carbonyl (C=O) groups is 1. The van der Waals surface area contributed by atoms with Crippen LogP contribution in [0.5, 0.6) is 0 Å². The van der Waals surface area contributed by atoms with E-state index in [1.165, 1.54) is 32.1 Å². The number of thiocarbonyl (C=S) groups is 1. The van der Waals surface area contributed by atoms with Crippen molar-refractivity contribution < 1.29 is 4.79 Å². The van der Waals surface area contributed by atoms with Crippen LogP contribution in [0, 0.1) is 17.3 Å². The maximum atomic E-state index is 12.6. The molecule has 1 aliphatic heterocycles. The lowest BCUT2D eigenvalue weighted by atomic mass is 9.68. The number of fused-ring (bicyclic) bond motifs is 1. The summed E-state index contributed by atoms with van der Waals surface area (Å²) in [6.45, 7) is 4.24.